The van der Waals surface area contributed by atoms with E-state index in [9.17, 15) is 4.39 Å². The van der Waals surface area contributed by atoms with Crippen molar-refractivity contribution in [3.8, 4) is 5.75 Å². The number of aryl methyl sites for hydroxylation is 1. The van der Waals surface area contributed by atoms with Gasteiger partial charge in [0.15, 0.2) is 6.79 Å². The Hall–Kier alpha value is -1.91. The van der Waals surface area contributed by atoms with Crippen LogP contribution in [0.2, 0.25) is 0 Å². The number of ether oxygens (including phenoxy) is 2. The van der Waals surface area contributed by atoms with E-state index in [4.69, 9.17) is 9.47 Å². The largest absolute Gasteiger partial charge is 0.467 e. The molecule has 4 rings (SSSR count). The molecule has 26 heavy (non-hydrogen) atoms. The van der Waals surface area contributed by atoms with E-state index >= 15 is 0 Å². The lowest BCUT2D eigenvalue weighted by molar-refractivity contribution is -0.0179. The molecule has 138 valence electrons. The van der Waals surface area contributed by atoms with Crippen molar-refractivity contribution in [2.75, 3.05) is 13.3 Å². The number of rotatable bonds is 5. The van der Waals surface area contributed by atoms with Crippen molar-refractivity contribution in [2.24, 2.45) is 0 Å². The molecule has 0 spiro atoms. The molecule has 0 saturated heterocycles. The first-order valence-electron chi connectivity index (χ1n) is 9.57. The average Bonchev–Trinajstić information content (AvgIpc) is 2.67. The number of nitrogens with zero attached hydrogens (tertiary/aromatic N) is 1. The zero-order valence-electron chi connectivity index (χ0n) is 15.3. The molecule has 0 unspecified atom stereocenters. The summed E-state index contributed by atoms with van der Waals surface area (Å²) in [5.41, 5.74) is 4.69. The van der Waals surface area contributed by atoms with Crippen molar-refractivity contribution in [3.63, 3.8) is 0 Å². The maximum Gasteiger partial charge on any atom is 0.189 e. The van der Waals surface area contributed by atoms with Crippen molar-refractivity contribution < 1.29 is 13.9 Å². The van der Waals surface area contributed by atoms with Crippen molar-refractivity contribution in [3.05, 3.63) is 64.5 Å². The Bertz CT molecular complexity index is 777. The molecule has 1 heterocycles. The highest BCUT2D eigenvalue weighted by Gasteiger charge is 2.26. The minimum absolute atomic E-state index is 0.210. The topological polar surface area (TPSA) is 21.7 Å². The molecule has 0 bridgehead atoms. The summed E-state index contributed by atoms with van der Waals surface area (Å²) in [7, 11) is 0. The van der Waals surface area contributed by atoms with Gasteiger partial charge in [0, 0.05) is 23.7 Å². The number of hydrogen-bond donors (Lipinski definition) is 0. The smallest absolute Gasteiger partial charge is 0.189 e. The minimum Gasteiger partial charge on any atom is -0.467 e. The molecule has 3 nitrogen and oxygen atoms in total. The van der Waals surface area contributed by atoms with Gasteiger partial charge in [-0.3, -0.25) is 4.90 Å². The van der Waals surface area contributed by atoms with Crippen LogP contribution in [0.5, 0.6) is 5.75 Å². The lowest BCUT2D eigenvalue weighted by Crippen LogP contribution is -2.39. The van der Waals surface area contributed by atoms with Crippen LogP contribution >= 0.6 is 0 Å². The third-order valence-corrected chi connectivity index (χ3v) is 5.47. The van der Waals surface area contributed by atoms with Gasteiger partial charge in [0.2, 0.25) is 0 Å². The van der Waals surface area contributed by atoms with Gasteiger partial charge < -0.3 is 9.47 Å². The third-order valence-electron chi connectivity index (χ3n) is 5.47. The molecule has 0 aromatic heterocycles. The first-order valence-corrected chi connectivity index (χ1v) is 9.57. The van der Waals surface area contributed by atoms with Crippen molar-refractivity contribution >= 4 is 0 Å². The molecule has 1 aliphatic carbocycles. The lowest BCUT2D eigenvalue weighted by Gasteiger charge is -2.36. The molecule has 4 heteroatoms. The number of halogens is 1. The van der Waals surface area contributed by atoms with Gasteiger partial charge >= 0.3 is 0 Å². The average molecular weight is 355 g/mol. The van der Waals surface area contributed by atoms with Crippen LogP contribution in [0.15, 0.2) is 36.4 Å². The third kappa shape index (κ3) is 3.62. The molecule has 0 N–H and O–H groups in total. The van der Waals surface area contributed by atoms with Gasteiger partial charge in [-0.25, -0.2) is 4.39 Å². The SMILES string of the molecule is CCCN(Cc1cc(F)cc2c1OCOC2)[C@@H]1CCc2ccccc2C1. The van der Waals surface area contributed by atoms with Crippen LogP contribution in [0.4, 0.5) is 4.39 Å². The second-order valence-corrected chi connectivity index (χ2v) is 7.30. The van der Waals surface area contributed by atoms with Crippen molar-refractivity contribution in [1.29, 1.82) is 0 Å². The zero-order chi connectivity index (χ0) is 17.9. The normalized spacial score (nSPS) is 19.0. The van der Waals surface area contributed by atoms with Gasteiger partial charge in [-0.15, -0.1) is 0 Å². The van der Waals surface area contributed by atoms with Gasteiger partial charge in [-0.05, 0) is 55.5 Å². The van der Waals surface area contributed by atoms with E-state index in [0.717, 1.165) is 55.6 Å². The standard InChI is InChI=1S/C22H26FNO2/c1-2-9-24(21-8-7-16-5-3-4-6-17(16)12-21)13-18-10-20(23)11-19-14-25-15-26-22(18)19/h3-6,10-11,21H,2,7-9,12-15H2,1H3/t21-/m1/s1. The fourth-order valence-electron chi connectivity index (χ4n) is 4.26. The predicted octanol–water partition coefficient (Wildman–Crippen LogP) is 4.46. The van der Waals surface area contributed by atoms with Crippen LogP contribution in [0.25, 0.3) is 0 Å². The van der Waals surface area contributed by atoms with Crippen molar-refractivity contribution in [2.45, 2.75) is 51.8 Å². The summed E-state index contributed by atoms with van der Waals surface area (Å²) >= 11 is 0. The Morgan fingerprint density at radius 1 is 1.15 bits per heavy atom. The van der Waals surface area contributed by atoms with Crippen LogP contribution in [0.1, 0.15) is 42.0 Å². The predicted molar refractivity (Wildman–Crippen MR) is 99.6 cm³/mol. The van der Waals surface area contributed by atoms with Crippen LogP contribution in [0.3, 0.4) is 0 Å². The minimum atomic E-state index is -0.210. The Morgan fingerprint density at radius 2 is 2.00 bits per heavy atom. The summed E-state index contributed by atoms with van der Waals surface area (Å²) in [5.74, 6) is 0.605. The second kappa shape index (κ2) is 7.77. The molecule has 2 aromatic rings. The Morgan fingerprint density at radius 3 is 2.85 bits per heavy atom. The van der Waals surface area contributed by atoms with E-state index in [-0.39, 0.29) is 12.6 Å². The summed E-state index contributed by atoms with van der Waals surface area (Å²) in [6.45, 7) is 4.60. The maximum absolute atomic E-state index is 14.1. The molecule has 0 amide bonds. The van der Waals surface area contributed by atoms with Gasteiger partial charge in [-0.2, -0.15) is 0 Å². The Balaban J connectivity index is 1.58. The van der Waals surface area contributed by atoms with E-state index in [1.165, 1.54) is 17.2 Å². The molecule has 0 radical (unpaired) electrons. The molecule has 2 aromatic carbocycles. The fourth-order valence-corrected chi connectivity index (χ4v) is 4.26. The lowest BCUT2D eigenvalue weighted by atomic mass is 9.87. The van der Waals surface area contributed by atoms with Crippen molar-refractivity contribution in [1.82, 2.24) is 4.90 Å². The molecular formula is C22H26FNO2. The first-order chi connectivity index (χ1) is 12.7. The summed E-state index contributed by atoms with van der Waals surface area (Å²) in [6.07, 6.45) is 4.42. The van der Waals surface area contributed by atoms with Crippen LogP contribution in [-0.4, -0.2) is 24.3 Å². The number of benzene rings is 2. The molecular weight excluding hydrogens is 329 g/mol. The summed E-state index contributed by atoms with van der Waals surface area (Å²) in [6, 6.07) is 12.4. The zero-order valence-corrected chi connectivity index (χ0v) is 15.3. The number of fused-ring (bicyclic) bond motifs is 2. The maximum atomic E-state index is 14.1. The molecule has 1 aliphatic heterocycles. The first kappa shape index (κ1) is 17.5. The highest BCUT2D eigenvalue weighted by Crippen LogP contribution is 2.32. The highest BCUT2D eigenvalue weighted by atomic mass is 19.1. The summed E-state index contributed by atoms with van der Waals surface area (Å²) < 4.78 is 25.1. The van der Waals surface area contributed by atoms with Crippen LogP contribution in [0, 0.1) is 5.82 Å². The molecule has 2 aliphatic rings. The van der Waals surface area contributed by atoms with E-state index in [0.29, 0.717) is 12.6 Å². The van der Waals surface area contributed by atoms with E-state index in [1.54, 1.807) is 6.07 Å². The van der Waals surface area contributed by atoms with Gasteiger partial charge in [-0.1, -0.05) is 31.2 Å². The number of hydrogen-bond acceptors (Lipinski definition) is 3. The fraction of sp³-hybridized carbons (Fsp3) is 0.455. The van der Waals surface area contributed by atoms with Gasteiger partial charge in [0.25, 0.3) is 0 Å². The van der Waals surface area contributed by atoms with Crippen LogP contribution < -0.4 is 4.74 Å². The van der Waals surface area contributed by atoms with E-state index < -0.39 is 0 Å². The van der Waals surface area contributed by atoms with Gasteiger partial charge in [0.05, 0.1) is 6.61 Å². The second-order valence-electron chi connectivity index (χ2n) is 7.30. The summed E-state index contributed by atoms with van der Waals surface area (Å²) in [4.78, 5) is 2.50. The van der Waals surface area contributed by atoms with E-state index in [1.807, 2.05) is 0 Å². The van der Waals surface area contributed by atoms with E-state index in [2.05, 4.69) is 36.1 Å². The monoisotopic (exact) mass is 355 g/mol. The Kier molecular flexibility index (Phi) is 5.23. The molecule has 0 saturated carbocycles. The molecule has 0 fully saturated rings. The highest BCUT2D eigenvalue weighted by molar-refractivity contribution is 5.42. The molecule has 1 atom stereocenters. The van der Waals surface area contributed by atoms with Crippen LogP contribution in [-0.2, 0) is 30.7 Å². The van der Waals surface area contributed by atoms with Gasteiger partial charge in [0.1, 0.15) is 11.6 Å². The Labute approximate surface area is 154 Å². The summed E-state index contributed by atoms with van der Waals surface area (Å²) in [5, 5.41) is 0. The quantitative estimate of drug-likeness (QED) is 0.790.